The van der Waals surface area contributed by atoms with Crippen molar-refractivity contribution >= 4 is 16.9 Å². The van der Waals surface area contributed by atoms with Crippen LogP contribution in [0.15, 0.2) is 57.7 Å². The Hall–Kier alpha value is -3.81. The molecule has 2 aromatic carbocycles. The molecule has 0 bridgehead atoms. The van der Waals surface area contributed by atoms with Crippen LogP contribution < -0.4 is 9.47 Å². The van der Waals surface area contributed by atoms with Gasteiger partial charge in [0.2, 0.25) is 11.7 Å². The van der Waals surface area contributed by atoms with E-state index in [2.05, 4.69) is 10.1 Å². The van der Waals surface area contributed by atoms with Crippen LogP contribution in [0, 0.1) is 0 Å². The Balaban J connectivity index is 1.26. The van der Waals surface area contributed by atoms with Gasteiger partial charge in [-0.15, -0.1) is 0 Å². The number of hydrogen-bond donors (Lipinski definition) is 0. The lowest BCUT2D eigenvalue weighted by Crippen LogP contribution is -2.38. The lowest BCUT2D eigenvalue weighted by Gasteiger charge is -2.30. The van der Waals surface area contributed by atoms with Crippen LogP contribution in [0.3, 0.4) is 0 Å². The number of piperidine rings is 1. The highest BCUT2D eigenvalue weighted by Gasteiger charge is 2.28. The van der Waals surface area contributed by atoms with Gasteiger partial charge in [-0.1, -0.05) is 5.16 Å². The average molecular weight is 433 g/mol. The molecule has 0 spiro atoms. The molecule has 164 valence electrons. The molecule has 0 unspecified atom stereocenters. The van der Waals surface area contributed by atoms with Crippen LogP contribution in [0.25, 0.3) is 22.4 Å². The molecule has 3 heterocycles. The van der Waals surface area contributed by atoms with E-state index in [1.807, 2.05) is 35.2 Å². The zero-order valence-corrected chi connectivity index (χ0v) is 17.9. The van der Waals surface area contributed by atoms with Gasteiger partial charge in [-0.25, -0.2) is 0 Å². The van der Waals surface area contributed by atoms with Gasteiger partial charge in [-0.3, -0.25) is 4.79 Å². The van der Waals surface area contributed by atoms with E-state index in [0.29, 0.717) is 41.7 Å². The second-order valence-corrected chi connectivity index (χ2v) is 7.76. The number of likely N-dealkylation sites (tertiary alicyclic amines) is 1. The SMILES string of the molecule is COc1ccc(-c2noc(C3CCN(C(=O)c4cc(OC)c5ccoc5c4)CC3)n2)cc1. The summed E-state index contributed by atoms with van der Waals surface area (Å²) in [5.74, 6) is 2.66. The molecule has 0 saturated carbocycles. The smallest absolute Gasteiger partial charge is 0.254 e. The first kappa shape index (κ1) is 20.1. The van der Waals surface area contributed by atoms with Crippen molar-refractivity contribution in [3.63, 3.8) is 0 Å². The van der Waals surface area contributed by atoms with Crippen LogP contribution in [-0.2, 0) is 0 Å². The van der Waals surface area contributed by atoms with Crippen molar-refractivity contribution in [2.24, 2.45) is 0 Å². The second-order valence-electron chi connectivity index (χ2n) is 7.76. The van der Waals surface area contributed by atoms with E-state index < -0.39 is 0 Å². The second kappa shape index (κ2) is 8.37. The van der Waals surface area contributed by atoms with Crippen molar-refractivity contribution in [2.45, 2.75) is 18.8 Å². The Kier molecular flexibility index (Phi) is 5.26. The predicted octanol–water partition coefficient (Wildman–Crippen LogP) is 4.52. The summed E-state index contributed by atoms with van der Waals surface area (Å²) in [6.07, 6.45) is 3.11. The topological polar surface area (TPSA) is 90.8 Å². The number of ether oxygens (including phenoxy) is 2. The van der Waals surface area contributed by atoms with Crippen LogP contribution in [0.2, 0.25) is 0 Å². The van der Waals surface area contributed by atoms with Crippen molar-refractivity contribution in [3.05, 3.63) is 60.2 Å². The number of amides is 1. The summed E-state index contributed by atoms with van der Waals surface area (Å²) in [5.41, 5.74) is 2.07. The molecule has 1 aliphatic rings. The summed E-state index contributed by atoms with van der Waals surface area (Å²) >= 11 is 0. The first-order valence-electron chi connectivity index (χ1n) is 10.5. The van der Waals surface area contributed by atoms with Gasteiger partial charge in [0, 0.05) is 30.1 Å². The van der Waals surface area contributed by atoms with Gasteiger partial charge in [0.05, 0.1) is 25.9 Å². The Morgan fingerprint density at radius 2 is 1.84 bits per heavy atom. The summed E-state index contributed by atoms with van der Waals surface area (Å²) in [4.78, 5) is 19.5. The molecule has 1 fully saturated rings. The maximum absolute atomic E-state index is 13.1. The van der Waals surface area contributed by atoms with E-state index in [0.717, 1.165) is 29.5 Å². The molecule has 4 aromatic rings. The molecular formula is C24H23N3O5. The third kappa shape index (κ3) is 3.68. The number of benzene rings is 2. The van der Waals surface area contributed by atoms with E-state index in [1.54, 1.807) is 32.6 Å². The van der Waals surface area contributed by atoms with Crippen LogP contribution in [0.1, 0.15) is 35.0 Å². The zero-order valence-electron chi connectivity index (χ0n) is 17.9. The minimum atomic E-state index is -0.0375. The minimum absolute atomic E-state index is 0.0375. The molecule has 0 radical (unpaired) electrons. The van der Waals surface area contributed by atoms with Gasteiger partial charge in [-0.05, 0) is 55.3 Å². The van der Waals surface area contributed by atoms with Gasteiger partial charge in [-0.2, -0.15) is 4.98 Å². The number of aromatic nitrogens is 2. The van der Waals surface area contributed by atoms with Crippen LogP contribution in [-0.4, -0.2) is 48.3 Å². The number of hydrogen-bond acceptors (Lipinski definition) is 7. The third-order valence-electron chi connectivity index (χ3n) is 5.92. The Morgan fingerprint density at radius 1 is 1.06 bits per heavy atom. The van der Waals surface area contributed by atoms with Crippen molar-refractivity contribution < 1.29 is 23.2 Å². The summed E-state index contributed by atoms with van der Waals surface area (Å²) in [6.45, 7) is 1.23. The predicted molar refractivity (Wildman–Crippen MR) is 117 cm³/mol. The molecule has 1 amide bonds. The molecule has 0 N–H and O–H groups in total. The van der Waals surface area contributed by atoms with Crippen molar-refractivity contribution in [3.8, 4) is 22.9 Å². The molecule has 8 heteroatoms. The van der Waals surface area contributed by atoms with Gasteiger partial charge in [0.15, 0.2) is 0 Å². The normalized spacial score (nSPS) is 14.6. The quantitative estimate of drug-likeness (QED) is 0.457. The van der Waals surface area contributed by atoms with E-state index >= 15 is 0 Å². The van der Waals surface area contributed by atoms with E-state index in [9.17, 15) is 4.79 Å². The Labute approximate surface area is 184 Å². The fraction of sp³-hybridized carbons (Fsp3) is 0.292. The number of carbonyl (C=O) groups is 1. The van der Waals surface area contributed by atoms with Gasteiger partial charge >= 0.3 is 0 Å². The van der Waals surface area contributed by atoms with E-state index in [-0.39, 0.29) is 11.8 Å². The molecular weight excluding hydrogens is 410 g/mol. The van der Waals surface area contributed by atoms with Crippen LogP contribution in [0.5, 0.6) is 11.5 Å². The molecule has 0 aliphatic carbocycles. The maximum atomic E-state index is 13.1. The molecule has 5 rings (SSSR count). The third-order valence-corrected chi connectivity index (χ3v) is 5.92. The lowest BCUT2D eigenvalue weighted by atomic mass is 9.96. The van der Waals surface area contributed by atoms with Gasteiger partial charge in [0.25, 0.3) is 5.91 Å². The van der Waals surface area contributed by atoms with E-state index in [1.165, 1.54) is 0 Å². The Morgan fingerprint density at radius 3 is 2.56 bits per heavy atom. The first-order chi connectivity index (χ1) is 15.7. The summed E-state index contributed by atoms with van der Waals surface area (Å²) in [6, 6.07) is 12.9. The highest BCUT2D eigenvalue weighted by atomic mass is 16.5. The number of furan rings is 1. The lowest BCUT2D eigenvalue weighted by molar-refractivity contribution is 0.0704. The van der Waals surface area contributed by atoms with Crippen LogP contribution >= 0.6 is 0 Å². The molecule has 1 saturated heterocycles. The molecule has 32 heavy (non-hydrogen) atoms. The molecule has 0 atom stereocenters. The highest BCUT2D eigenvalue weighted by Crippen LogP contribution is 2.32. The highest BCUT2D eigenvalue weighted by molar-refractivity contribution is 5.99. The summed E-state index contributed by atoms with van der Waals surface area (Å²) in [7, 11) is 3.22. The molecule has 2 aromatic heterocycles. The maximum Gasteiger partial charge on any atom is 0.254 e. The van der Waals surface area contributed by atoms with Gasteiger partial charge < -0.3 is 23.3 Å². The van der Waals surface area contributed by atoms with Gasteiger partial charge in [0.1, 0.15) is 17.1 Å². The zero-order chi connectivity index (χ0) is 22.1. The standard InChI is InChI=1S/C24H23N3O5/c1-29-18-5-3-15(4-6-18)22-25-23(32-26-22)16-7-10-27(11-8-16)24(28)17-13-20(30-2)19-9-12-31-21(19)14-17/h3-6,9,12-14,16H,7-8,10-11H2,1-2H3. The largest absolute Gasteiger partial charge is 0.497 e. The van der Waals surface area contributed by atoms with Crippen molar-refractivity contribution in [1.82, 2.24) is 15.0 Å². The van der Waals surface area contributed by atoms with Crippen LogP contribution in [0.4, 0.5) is 0 Å². The number of fused-ring (bicyclic) bond motifs is 1. The molecule has 1 aliphatic heterocycles. The average Bonchev–Trinajstić information content (AvgIpc) is 3.53. The van der Waals surface area contributed by atoms with E-state index in [4.69, 9.17) is 18.4 Å². The summed E-state index contributed by atoms with van der Waals surface area (Å²) < 4.78 is 21.6. The Bertz CT molecular complexity index is 1240. The van der Waals surface area contributed by atoms with Crippen molar-refractivity contribution in [2.75, 3.05) is 27.3 Å². The number of rotatable bonds is 5. The summed E-state index contributed by atoms with van der Waals surface area (Å²) in [5, 5.41) is 4.98. The fourth-order valence-electron chi connectivity index (χ4n) is 4.10. The number of carbonyl (C=O) groups excluding carboxylic acids is 1. The fourth-order valence-corrected chi connectivity index (χ4v) is 4.10. The number of nitrogens with zero attached hydrogens (tertiary/aromatic N) is 3. The minimum Gasteiger partial charge on any atom is -0.497 e. The first-order valence-corrected chi connectivity index (χ1v) is 10.5. The van der Waals surface area contributed by atoms with Crippen molar-refractivity contribution in [1.29, 1.82) is 0 Å². The number of methoxy groups -OCH3 is 2. The monoisotopic (exact) mass is 433 g/mol. The molecule has 8 nitrogen and oxygen atoms in total.